The highest BCUT2D eigenvalue weighted by Gasteiger charge is 2.36. The van der Waals surface area contributed by atoms with E-state index in [-0.39, 0.29) is 28.9 Å². The van der Waals surface area contributed by atoms with Crippen molar-refractivity contribution in [3.8, 4) is 0 Å². The van der Waals surface area contributed by atoms with Crippen LogP contribution in [0.3, 0.4) is 0 Å². The third-order valence-electron chi connectivity index (χ3n) is 4.26. The van der Waals surface area contributed by atoms with E-state index in [0.29, 0.717) is 24.1 Å². The van der Waals surface area contributed by atoms with Gasteiger partial charge < -0.3 is 19.3 Å². The Kier molecular flexibility index (Phi) is 11.4. The fraction of sp³-hybridized carbons (Fsp3) is 0.476. The number of carbonyl (C=O) groups is 3. The second-order valence-corrected chi connectivity index (χ2v) is 8.43. The Hall–Kier alpha value is -2.23. The predicted molar refractivity (Wildman–Crippen MR) is 120 cm³/mol. The predicted octanol–water partition coefficient (Wildman–Crippen LogP) is 3.73. The molecule has 31 heavy (non-hydrogen) atoms. The molecule has 2 atom stereocenters. The first-order valence-electron chi connectivity index (χ1n) is 9.48. The van der Waals surface area contributed by atoms with Gasteiger partial charge >= 0.3 is 18.1 Å². The SMILES string of the molecule is C=C/C=C(\C(=C)Cl)[C@@H](C(=O)OC)N1CC[C@H](SCOC(=O)OC(C)C)/C(=C/C(=O)O)C1. The molecule has 0 bridgehead atoms. The van der Waals surface area contributed by atoms with Crippen LogP contribution in [0.2, 0.25) is 0 Å². The summed E-state index contributed by atoms with van der Waals surface area (Å²) in [4.78, 5) is 37.2. The molecule has 0 aromatic carbocycles. The molecule has 1 fully saturated rings. The Morgan fingerprint density at radius 2 is 2.06 bits per heavy atom. The highest BCUT2D eigenvalue weighted by atomic mass is 35.5. The van der Waals surface area contributed by atoms with Gasteiger partial charge in [-0.05, 0) is 31.4 Å². The number of methoxy groups -OCH3 is 1. The zero-order valence-corrected chi connectivity index (χ0v) is 19.4. The monoisotopic (exact) mass is 473 g/mol. The molecule has 0 aromatic heterocycles. The van der Waals surface area contributed by atoms with Gasteiger partial charge in [-0.25, -0.2) is 14.4 Å². The van der Waals surface area contributed by atoms with E-state index >= 15 is 0 Å². The summed E-state index contributed by atoms with van der Waals surface area (Å²) in [6.07, 6.45) is 3.60. The Morgan fingerprint density at radius 3 is 2.58 bits per heavy atom. The number of carboxylic acid groups (broad SMARTS) is 1. The molecule has 0 aliphatic carbocycles. The van der Waals surface area contributed by atoms with E-state index in [4.69, 9.17) is 25.8 Å². The van der Waals surface area contributed by atoms with Crippen LogP contribution in [0, 0.1) is 0 Å². The quantitative estimate of drug-likeness (QED) is 0.220. The summed E-state index contributed by atoms with van der Waals surface area (Å²) in [6.45, 7) is 11.4. The minimum atomic E-state index is -1.11. The normalized spacial score (nSPS) is 19.6. The molecule has 1 aliphatic rings. The van der Waals surface area contributed by atoms with Crippen molar-refractivity contribution >= 4 is 41.5 Å². The van der Waals surface area contributed by atoms with Crippen molar-refractivity contribution in [3.63, 3.8) is 0 Å². The van der Waals surface area contributed by atoms with Gasteiger partial charge in [-0.2, -0.15) is 0 Å². The zero-order valence-electron chi connectivity index (χ0n) is 17.8. The van der Waals surface area contributed by atoms with Gasteiger partial charge in [0.2, 0.25) is 0 Å². The highest BCUT2D eigenvalue weighted by Crippen LogP contribution is 2.32. The second-order valence-electron chi connectivity index (χ2n) is 6.84. The van der Waals surface area contributed by atoms with Crippen LogP contribution in [0.25, 0.3) is 0 Å². The van der Waals surface area contributed by atoms with Crippen LogP contribution in [0.15, 0.2) is 47.6 Å². The fourth-order valence-corrected chi connectivity index (χ4v) is 4.15. The molecule has 1 rings (SSSR count). The van der Waals surface area contributed by atoms with Crippen molar-refractivity contribution < 1.29 is 33.7 Å². The van der Waals surface area contributed by atoms with Crippen molar-refractivity contribution in [2.45, 2.75) is 37.7 Å². The average molecular weight is 474 g/mol. The zero-order chi connectivity index (χ0) is 23.6. The first kappa shape index (κ1) is 26.8. The van der Waals surface area contributed by atoms with Crippen molar-refractivity contribution in [2.24, 2.45) is 0 Å². The number of hydrogen-bond acceptors (Lipinski definition) is 8. The largest absolute Gasteiger partial charge is 0.509 e. The lowest BCUT2D eigenvalue weighted by Crippen LogP contribution is -2.49. The van der Waals surface area contributed by atoms with Gasteiger partial charge in [0.25, 0.3) is 0 Å². The van der Waals surface area contributed by atoms with Crippen molar-refractivity contribution in [2.75, 3.05) is 26.1 Å². The molecule has 1 heterocycles. The topological polar surface area (TPSA) is 102 Å². The molecule has 1 saturated heterocycles. The molecule has 10 heteroatoms. The molecule has 0 aromatic rings. The smallest absolute Gasteiger partial charge is 0.478 e. The summed E-state index contributed by atoms with van der Waals surface area (Å²) >= 11 is 7.39. The van der Waals surface area contributed by atoms with Gasteiger partial charge in [0, 0.05) is 29.4 Å². The first-order valence-corrected chi connectivity index (χ1v) is 10.9. The van der Waals surface area contributed by atoms with E-state index < -0.39 is 24.1 Å². The molecule has 172 valence electrons. The van der Waals surface area contributed by atoms with Crippen molar-refractivity contribution in [3.05, 3.63) is 47.6 Å². The Morgan fingerprint density at radius 1 is 1.39 bits per heavy atom. The second kappa shape index (κ2) is 13.2. The van der Waals surface area contributed by atoms with Crippen LogP contribution in [0.1, 0.15) is 20.3 Å². The molecular formula is C21H28ClNO7S. The van der Waals surface area contributed by atoms with Gasteiger partial charge in [0.05, 0.1) is 13.2 Å². The average Bonchev–Trinajstić information content (AvgIpc) is 2.67. The summed E-state index contributed by atoms with van der Waals surface area (Å²) < 4.78 is 14.9. The lowest BCUT2D eigenvalue weighted by Gasteiger charge is -2.38. The van der Waals surface area contributed by atoms with E-state index in [1.54, 1.807) is 24.8 Å². The number of nitrogens with zero attached hydrogens (tertiary/aromatic N) is 1. The minimum Gasteiger partial charge on any atom is -0.478 e. The Balaban J connectivity index is 3.01. The van der Waals surface area contributed by atoms with Crippen LogP contribution in [0.5, 0.6) is 0 Å². The van der Waals surface area contributed by atoms with Crippen LogP contribution in [-0.2, 0) is 23.8 Å². The fourth-order valence-electron chi connectivity index (χ4n) is 3.02. The number of piperidine rings is 1. The van der Waals surface area contributed by atoms with Gasteiger partial charge in [-0.1, -0.05) is 36.9 Å². The van der Waals surface area contributed by atoms with Crippen LogP contribution in [0.4, 0.5) is 4.79 Å². The third kappa shape index (κ3) is 8.80. The number of thioether (sulfide) groups is 1. The van der Waals surface area contributed by atoms with E-state index in [2.05, 4.69) is 13.2 Å². The van der Waals surface area contributed by atoms with Gasteiger partial charge in [-0.3, -0.25) is 4.90 Å². The molecule has 8 nitrogen and oxygen atoms in total. The number of esters is 1. The lowest BCUT2D eigenvalue weighted by atomic mass is 9.97. The number of hydrogen-bond donors (Lipinski definition) is 1. The van der Waals surface area contributed by atoms with E-state index in [9.17, 15) is 19.5 Å². The Bertz CT molecular complexity index is 763. The summed E-state index contributed by atoms with van der Waals surface area (Å²) in [5.74, 6) is -1.65. The number of ether oxygens (including phenoxy) is 3. The van der Waals surface area contributed by atoms with Gasteiger partial charge in [0.15, 0.2) is 0 Å². The molecule has 0 unspecified atom stereocenters. The first-order chi connectivity index (χ1) is 14.6. The number of carbonyl (C=O) groups excluding carboxylic acids is 2. The minimum absolute atomic E-state index is 0.00765. The summed E-state index contributed by atoms with van der Waals surface area (Å²) in [5.41, 5.74) is 0.987. The number of halogens is 1. The molecule has 0 radical (unpaired) electrons. The van der Waals surface area contributed by atoms with Crippen molar-refractivity contribution in [1.82, 2.24) is 4.90 Å². The maximum Gasteiger partial charge on any atom is 0.509 e. The number of carboxylic acids is 1. The standard InChI is InChI=1S/C21H28ClNO7S/c1-6-7-16(14(4)22)19(20(26)28-5)23-9-8-17(15(11-23)10-18(24)25)31-12-29-21(27)30-13(2)3/h6-7,10,13,17,19H,1,4,8-9,11-12H2,2-3,5H3,(H,24,25)/b15-10+,16-7+/t17-,19-/m0/s1. The molecule has 0 amide bonds. The molecule has 0 spiro atoms. The van der Waals surface area contributed by atoms with Gasteiger partial charge in [-0.15, -0.1) is 11.8 Å². The summed E-state index contributed by atoms with van der Waals surface area (Å²) in [5, 5.41) is 9.24. The van der Waals surface area contributed by atoms with E-state index in [1.807, 2.05) is 0 Å². The lowest BCUT2D eigenvalue weighted by molar-refractivity contribution is -0.145. The van der Waals surface area contributed by atoms with Crippen LogP contribution < -0.4 is 0 Å². The summed E-state index contributed by atoms with van der Waals surface area (Å²) in [6, 6.07) is -0.867. The molecular weight excluding hydrogens is 446 g/mol. The van der Waals surface area contributed by atoms with E-state index in [1.165, 1.54) is 24.9 Å². The number of likely N-dealkylation sites (tertiary alicyclic amines) is 1. The number of rotatable bonds is 10. The number of allylic oxidation sites excluding steroid dienone is 2. The third-order valence-corrected chi connectivity index (χ3v) is 5.67. The maximum absolute atomic E-state index is 12.5. The molecule has 1 N–H and O–H groups in total. The number of aliphatic carboxylic acids is 1. The van der Waals surface area contributed by atoms with E-state index in [0.717, 1.165) is 6.08 Å². The summed E-state index contributed by atoms with van der Waals surface area (Å²) in [7, 11) is 1.27. The van der Waals surface area contributed by atoms with Crippen molar-refractivity contribution in [1.29, 1.82) is 0 Å². The highest BCUT2D eigenvalue weighted by molar-refractivity contribution is 7.99. The van der Waals surface area contributed by atoms with Crippen LogP contribution in [-0.4, -0.2) is 71.6 Å². The van der Waals surface area contributed by atoms with Crippen LogP contribution >= 0.6 is 23.4 Å². The van der Waals surface area contributed by atoms with Gasteiger partial charge in [0.1, 0.15) is 12.0 Å². The maximum atomic E-state index is 12.5. The molecule has 0 saturated carbocycles. The molecule has 1 aliphatic heterocycles. The Labute approximate surface area is 191 Å².